The second kappa shape index (κ2) is 5.64. The van der Waals surface area contributed by atoms with E-state index in [2.05, 4.69) is 25.7 Å². The lowest BCUT2D eigenvalue weighted by Gasteiger charge is -2.14. The number of aryl methyl sites for hydroxylation is 1. The second-order valence-electron chi connectivity index (χ2n) is 5.32. The van der Waals surface area contributed by atoms with E-state index in [-0.39, 0.29) is 11.6 Å². The second-order valence-corrected chi connectivity index (χ2v) is 5.32. The van der Waals surface area contributed by atoms with Crippen molar-refractivity contribution in [2.75, 3.05) is 5.32 Å². The van der Waals surface area contributed by atoms with Crippen LogP contribution in [0, 0.1) is 0 Å². The minimum Gasteiger partial charge on any atom is -0.355 e. The van der Waals surface area contributed by atoms with Crippen molar-refractivity contribution in [3.05, 3.63) is 42.1 Å². The first-order valence-corrected chi connectivity index (χ1v) is 7.42. The van der Waals surface area contributed by atoms with Gasteiger partial charge in [-0.3, -0.25) is 19.7 Å². The lowest BCUT2D eigenvalue weighted by Crippen LogP contribution is -2.18. The molecule has 3 aromatic rings. The summed E-state index contributed by atoms with van der Waals surface area (Å²) in [6.45, 7) is 0.817. The third kappa shape index (κ3) is 2.59. The van der Waals surface area contributed by atoms with Gasteiger partial charge in [-0.25, -0.2) is 0 Å². The highest BCUT2D eigenvalue weighted by Gasteiger charge is 2.20. The van der Waals surface area contributed by atoms with Crippen LogP contribution >= 0.6 is 0 Å². The highest BCUT2D eigenvalue weighted by Crippen LogP contribution is 2.20. The van der Waals surface area contributed by atoms with Gasteiger partial charge >= 0.3 is 0 Å². The van der Waals surface area contributed by atoms with Gasteiger partial charge in [-0.05, 0) is 25.0 Å². The number of carbonyl (C=O) groups excluding carboxylic acids is 1. The van der Waals surface area contributed by atoms with E-state index < -0.39 is 0 Å². The van der Waals surface area contributed by atoms with Crippen molar-refractivity contribution < 1.29 is 9.32 Å². The van der Waals surface area contributed by atoms with Gasteiger partial charge < -0.3 is 4.52 Å². The minimum atomic E-state index is -0.371. The molecule has 4 rings (SSSR count). The molecule has 3 aromatic heterocycles. The van der Waals surface area contributed by atoms with Crippen LogP contribution in [0.25, 0.3) is 11.3 Å². The number of nitrogens with one attached hydrogen (secondary N) is 1. The summed E-state index contributed by atoms with van der Waals surface area (Å²) < 4.78 is 7.14. The lowest BCUT2D eigenvalue weighted by molar-refractivity contribution is 0.101. The van der Waals surface area contributed by atoms with E-state index in [1.807, 2.05) is 10.6 Å². The van der Waals surface area contributed by atoms with E-state index in [4.69, 9.17) is 4.52 Å². The van der Waals surface area contributed by atoms with Crippen LogP contribution in [0.5, 0.6) is 0 Å². The zero-order valence-electron chi connectivity index (χ0n) is 12.3. The van der Waals surface area contributed by atoms with Crippen molar-refractivity contribution >= 4 is 11.9 Å². The van der Waals surface area contributed by atoms with Gasteiger partial charge in [-0.2, -0.15) is 0 Å². The van der Waals surface area contributed by atoms with Gasteiger partial charge in [-0.1, -0.05) is 5.16 Å². The molecular formula is C15H14N6O2. The minimum absolute atomic E-state index is 0.192. The fourth-order valence-electron chi connectivity index (χ4n) is 2.59. The Bertz CT molecular complexity index is 839. The van der Waals surface area contributed by atoms with E-state index >= 15 is 0 Å². The molecule has 1 aliphatic heterocycles. The van der Waals surface area contributed by atoms with E-state index in [0.29, 0.717) is 11.7 Å². The Morgan fingerprint density at radius 3 is 3.13 bits per heavy atom. The summed E-state index contributed by atoms with van der Waals surface area (Å²) in [5, 5.41) is 14.7. The molecule has 1 amide bonds. The summed E-state index contributed by atoms with van der Waals surface area (Å²) in [4.78, 5) is 16.3. The molecule has 8 heteroatoms. The van der Waals surface area contributed by atoms with Crippen molar-refractivity contribution in [3.63, 3.8) is 0 Å². The largest absolute Gasteiger partial charge is 0.355 e. The van der Waals surface area contributed by atoms with Crippen molar-refractivity contribution in [2.24, 2.45) is 0 Å². The Balaban J connectivity index is 1.54. The summed E-state index contributed by atoms with van der Waals surface area (Å²) >= 11 is 0. The number of aromatic nitrogens is 5. The Morgan fingerprint density at radius 2 is 2.26 bits per heavy atom. The molecule has 0 aliphatic carbocycles. The molecule has 8 nitrogen and oxygen atoms in total. The Kier molecular flexibility index (Phi) is 3.34. The van der Waals surface area contributed by atoms with E-state index in [1.165, 1.54) is 0 Å². The maximum Gasteiger partial charge on any atom is 0.280 e. The molecule has 1 N–H and O–H groups in total. The quantitative estimate of drug-likeness (QED) is 0.793. The fourth-order valence-corrected chi connectivity index (χ4v) is 2.59. The molecule has 23 heavy (non-hydrogen) atoms. The van der Waals surface area contributed by atoms with Gasteiger partial charge in [0.2, 0.25) is 5.95 Å². The predicted molar refractivity (Wildman–Crippen MR) is 80.6 cm³/mol. The Hall–Kier alpha value is -3.03. The van der Waals surface area contributed by atoms with E-state index in [1.54, 1.807) is 24.5 Å². The average molecular weight is 310 g/mol. The highest BCUT2D eigenvalue weighted by molar-refractivity contribution is 6.02. The molecule has 1 aliphatic rings. The van der Waals surface area contributed by atoms with Crippen LogP contribution in [0.2, 0.25) is 0 Å². The zero-order chi connectivity index (χ0) is 15.6. The number of hydrogen-bond donors (Lipinski definition) is 1. The topological polar surface area (TPSA) is 98.7 Å². The zero-order valence-corrected chi connectivity index (χ0v) is 12.3. The number of rotatable bonds is 3. The first kappa shape index (κ1) is 13.6. The molecule has 0 spiro atoms. The average Bonchev–Trinajstić information content (AvgIpc) is 3.24. The van der Waals surface area contributed by atoms with Crippen LogP contribution < -0.4 is 5.32 Å². The van der Waals surface area contributed by atoms with Crippen LogP contribution in [-0.4, -0.2) is 30.8 Å². The van der Waals surface area contributed by atoms with Crippen LogP contribution in [0.3, 0.4) is 0 Å². The molecule has 0 saturated heterocycles. The van der Waals surface area contributed by atoms with E-state index in [0.717, 1.165) is 37.2 Å². The summed E-state index contributed by atoms with van der Waals surface area (Å²) in [5.74, 6) is 1.48. The Labute approximate surface area is 131 Å². The monoisotopic (exact) mass is 310 g/mol. The molecular weight excluding hydrogens is 296 g/mol. The fraction of sp³-hybridized carbons (Fsp3) is 0.267. The van der Waals surface area contributed by atoms with Crippen molar-refractivity contribution in [1.82, 2.24) is 24.9 Å². The first-order valence-electron chi connectivity index (χ1n) is 7.42. The molecule has 116 valence electrons. The van der Waals surface area contributed by atoms with Crippen molar-refractivity contribution in [3.8, 4) is 11.3 Å². The van der Waals surface area contributed by atoms with Crippen LogP contribution in [-0.2, 0) is 13.0 Å². The van der Waals surface area contributed by atoms with Gasteiger partial charge in [0, 0.05) is 37.0 Å². The number of carbonyl (C=O) groups is 1. The summed E-state index contributed by atoms with van der Waals surface area (Å²) in [6, 6.07) is 5.21. The predicted octanol–water partition coefficient (Wildman–Crippen LogP) is 1.92. The molecule has 0 aromatic carbocycles. The standard InChI is InChI=1S/C15H14N6O2/c22-14(17-15-19-18-13-5-1-2-7-21(13)15)11-8-12(23-20-11)10-4-3-6-16-9-10/h3-4,6,8-9H,1-2,5,7H2,(H,17,19,22). The van der Waals surface area contributed by atoms with Gasteiger partial charge in [0.15, 0.2) is 11.5 Å². The van der Waals surface area contributed by atoms with Crippen molar-refractivity contribution in [2.45, 2.75) is 25.8 Å². The third-order valence-electron chi connectivity index (χ3n) is 3.77. The molecule has 0 radical (unpaired) electrons. The van der Waals surface area contributed by atoms with E-state index in [9.17, 15) is 4.79 Å². The number of anilines is 1. The van der Waals surface area contributed by atoms with Crippen LogP contribution in [0.15, 0.2) is 35.1 Å². The molecule has 0 fully saturated rings. The maximum absolute atomic E-state index is 12.3. The molecule has 0 unspecified atom stereocenters. The molecule has 0 bridgehead atoms. The summed E-state index contributed by atoms with van der Waals surface area (Å²) in [5.41, 5.74) is 0.955. The van der Waals surface area contributed by atoms with Gasteiger partial charge in [0.1, 0.15) is 5.82 Å². The van der Waals surface area contributed by atoms with Gasteiger partial charge in [0.25, 0.3) is 5.91 Å². The number of amides is 1. The normalized spacial score (nSPS) is 13.6. The third-order valence-corrected chi connectivity index (χ3v) is 3.77. The summed E-state index contributed by atoms with van der Waals surface area (Å²) in [7, 11) is 0. The highest BCUT2D eigenvalue weighted by atomic mass is 16.5. The number of fused-ring (bicyclic) bond motifs is 1. The van der Waals surface area contributed by atoms with Gasteiger partial charge in [0.05, 0.1) is 0 Å². The number of hydrogen-bond acceptors (Lipinski definition) is 6. The van der Waals surface area contributed by atoms with Crippen LogP contribution in [0.4, 0.5) is 5.95 Å². The van der Waals surface area contributed by atoms with Gasteiger partial charge in [-0.15, -0.1) is 10.2 Å². The maximum atomic E-state index is 12.3. The Morgan fingerprint density at radius 1 is 1.30 bits per heavy atom. The summed E-state index contributed by atoms with van der Waals surface area (Å²) in [6.07, 6.45) is 6.36. The SMILES string of the molecule is O=C(Nc1nnc2n1CCCC2)c1cc(-c2cccnc2)on1. The van der Waals surface area contributed by atoms with Crippen molar-refractivity contribution in [1.29, 1.82) is 0 Å². The lowest BCUT2D eigenvalue weighted by atomic mass is 10.2. The first-order chi connectivity index (χ1) is 11.3. The number of pyridine rings is 1. The molecule has 4 heterocycles. The molecule has 0 saturated carbocycles. The smallest absolute Gasteiger partial charge is 0.280 e. The number of nitrogens with zero attached hydrogens (tertiary/aromatic N) is 5. The molecule has 0 atom stereocenters. The van der Waals surface area contributed by atoms with Crippen LogP contribution in [0.1, 0.15) is 29.2 Å².